The summed E-state index contributed by atoms with van der Waals surface area (Å²) in [4.78, 5) is 21.5. The van der Waals surface area contributed by atoms with Crippen molar-refractivity contribution in [3.63, 3.8) is 0 Å². The van der Waals surface area contributed by atoms with Gasteiger partial charge in [-0.3, -0.25) is 4.79 Å². The van der Waals surface area contributed by atoms with E-state index in [1.807, 2.05) is 24.3 Å². The van der Waals surface area contributed by atoms with E-state index in [-0.39, 0.29) is 58.7 Å². The van der Waals surface area contributed by atoms with Crippen LogP contribution in [0.1, 0.15) is 36.1 Å². The summed E-state index contributed by atoms with van der Waals surface area (Å²) >= 11 is 0. The number of ether oxygens (including phenoxy) is 3. The number of anilines is 2. The smallest absolute Gasteiger partial charge is 0.282 e. The van der Waals surface area contributed by atoms with Crippen LogP contribution in [0, 0.1) is 11.3 Å². The lowest BCUT2D eigenvalue weighted by Crippen LogP contribution is -2.46. The first kappa shape index (κ1) is 32.0. The van der Waals surface area contributed by atoms with Gasteiger partial charge in [0.15, 0.2) is 0 Å². The number of rotatable bonds is 11. The van der Waals surface area contributed by atoms with E-state index in [9.17, 15) is 13.7 Å². The summed E-state index contributed by atoms with van der Waals surface area (Å²) in [5, 5.41) is 13.2. The predicted octanol–water partition coefficient (Wildman–Crippen LogP) is 4.36. The Balaban J connectivity index is 1.50. The van der Waals surface area contributed by atoms with Gasteiger partial charge >= 0.3 is 0 Å². The number of hydrogen-bond donors (Lipinski definition) is 1. The molecule has 0 saturated carbocycles. The van der Waals surface area contributed by atoms with Gasteiger partial charge in [-0.05, 0) is 74.0 Å². The van der Waals surface area contributed by atoms with Gasteiger partial charge in [0.05, 0.1) is 42.7 Å². The average molecular weight is 654 g/mol. The normalized spacial score (nSPS) is 17.7. The highest BCUT2D eigenvalue weighted by Gasteiger charge is 2.59. The topological polar surface area (TPSA) is 134 Å². The van der Waals surface area contributed by atoms with Crippen LogP contribution >= 0.6 is 0 Å². The van der Waals surface area contributed by atoms with Crippen LogP contribution in [0.4, 0.5) is 11.4 Å². The van der Waals surface area contributed by atoms with Gasteiger partial charge in [-0.1, -0.05) is 24.3 Å². The van der Waals surface area contributed by atoms with Gasteiger partial charge in [0, 0.05) is 43.6 Å². The molecule has 4 aromatic rings. The summed E-state index contributed by atoms with van der Waals surface area (Å²) in [5.74, 6) is -0.669. The Morgan fingerprint density at radius 3 is 2.40 bits per heavy atom. The molecule has 6 rings (SSSR count). The number of piperazine rings is 1. The van der Waals surface area contributed by atoms with E-state index in [2.05, 4.69) is 21.3 Å². The lowest BCUT2D eigenvalue weighted by molar-refractivity contribution is -0.138. The van der Waals surface area contributed by atoms with Crippen LogP contribution in [0.2, 0.25) is 0 Å². The monoisotopic (exact) mass is 653 g/mol. The van der Waals surface area contributed by atoms with Crippen LogP contribution in [-0.4, -0.2) is 58.7 Å². The first-order valence-corrected chi connectivity index (χ1v) is 16.9. The molecule has 1 N–H and O–H groups in total. The molecule has 1 aromatic heterocycles. The molecule has 242 valence electrons. The molecule has 2 aliphatic rings. The van der Waals surface area contributed by atoms with E-state index >= 15 is 4.79 Å². The summed E-state index contributed by atoms with van der Waals surface area (Å²) in [5.41, 5.74) is 0.482. The third-order valence-corrected chi connectivity index (χ3v) is 9.92. The summed E-state index contributed by atoms with van der Waals surface area (Å²) < 4.78 is 48.0. The van der Waals surface area contributed by atoms with Crippen LogP contribution in [0.15, 0.2) is 90.0 Å². The van der Waals surface area contributed by atoms with E-state index in [4.69, 9.17) is 14.2 Å². The first-order chi connectivity index (χ1) is 22.8. The number of carbonyl (C=O) groups excluding carboxylic acids is 1. The molecule has 1 amide bonds. The van der Waals surface area contributed by atoms with E-state index in [0.29, 0.717) is 0 Å². The number of fused-ring (bicyclic) bond motifs is 1. The number of nitrogens with zero attached hydrogens (tertiary/aromatic N) is 4. The zero-order chi connectivity index (χ0) is 33.0. The molecule has 0 aliphatic carbocycles. The number of carbonyl (C=O) groups is 1. The van der Waals surface area contributed by atoms with Crippen molar-refractivity contribution in [2.45, 2.75) is 31.0 Å². The Kier molecular flexibility index (Phi) is 9.13. The summed E-state index contributed by atoms with van der Waals surface area (Å²) in [6, 6.07) is 23.8. The summed E-state index contributed by atoms with van der Waals surface area (Å²) in [7, 11) is -4.55. The molecule has 12 heteroatoms. The lowest BCUT2D eigenvalue weighted by atomic mass is 9.86. The van der Waals surface area contributed by atoms with Crippen molar-refractivity contribution in [3.8, 4) is 17.7 Å². The lowest BCUT2D eigenvalue weighted by Gasteiger charge is -2.31. The third kappa shape index (κ3) is 5.78. The molecule has 0 spiro atoms. The Hall–Kier alpha value is -4.96. The fraction of sp³-hybridized carbons (Fsp3) is 0.286. The van der Waals surface area contributed by atoms with Crippen LogP contribution in [0.25, 0.3) is 0 Å². The van der Waals surface area contributed by atoms with Crippen LogP contribution < -0.4 is 24.0 Å². The Bertz CT molecular complexity index is 1920. The van der Waals surface area contributed by atoms with Crippen LogP contribution in [-0.2, 0) is 31.8 Å². The van der Waals surface area contributed by atoms with E-state index in [1.54, 1.807) is 44.2 Å². The molecule has 1 unspecified atom stereocenters. The second kappa shape index (κ2) is 13.4. The van der Waals surface area contributed by atoms with Crippen molar-refractivity contribution in [1.82, 2.24) is 10.3 Å². The largest absolute Gasteiger partial charge is 0.492 e. The number of amides is 1. The minimum Gasteiger partial charge on any atom is -0.492 e. The van der Waals surface area contributed by atoms with E-state index in [0.717, 1.165) is 41.7 Å². The van der Waals surface area contributed by atoms with Crippen molar-refractivity contribution in [1.29, 1.82) is 5.26 Å². The predicted molar refractivity (Wildman–Crippen MR) is 176 cm³/mol. The SMILES string of the molecule is CCOc1ccccc1S(=O)(=O)N1C(=O)C(OCc2ccc(N3CCNCC3)cc2)(c2cccnc2OCC)c2cc(C#N)ccc21. The maximum Gasteiger partial charge on any atom is 0.282 e. The number of pyridine rings is 1. The molecule has 1 saturated heterocycles. The zero-order valence-corrected chi connectivity index (χ0v) is 27.0. The fourth-order valence-corrected chi connectivity index (χ4v) is 7.61. The summed E-state index contributed by atoms with van der Waals surface area (Å²) in [6.45, 7) is 7.51. The molecule has 0 bridgehead atoms. The van der Waals surface area contributed by atoms with Gasteiger partial charge < -0.3 is 24.4 Å². The quantitative estimate of drug-likeness (QED) is 0.249. The number of para-hydroxylation sites is 1. The molecule has 0 radical (unpaired) electrons. The van der Waals surface area contributed by atoms with Gasteiger partial charge in [0.2, 0.25) is 11.5 Å². The molecule has 2 aliphatic heterocycles. The number of sulfonamides is 1. The Labute approximate surface area is 274 Å². The highest BCUT2D eigenvalue weighted by Crippen LogP contribution is 2.52. The van der Waals surface area contributed by atoms with Crippen molar-refractivity contribution >= 4 is 27.3 Å². The summed E-state index contributed by atoms with van der Waals surface area (Å²) in [6.07, 6.45) is 1.52. The number of nitriles is 1. The van der Waals surface area contributed by atoms with Crippen LogP contribution in [0.3, 0.4) is 0 Å². The van der Waals surface area contributed by atoms with Crippen molar-refractivity contribution in [3.05, 3.63) is 107 Å². The second-order valence-corrected chi connectivity index (χ2v) is 12.7. The zero-order valence-electron chi connectivity index (χ0n) is 26.2. The molecule has 3 aromatic carbocycles. The minimum atomic E-state index is -4.55. The Morgan fingerprint density at radius 2 is 1.68 bits per heavy atom. The van der Waals surface area contributed by atoms with Gasteiger partial charge in [-0.25, -0.2) is 13.4 Å². The van der Waals surface area contributed by atoms with Gasteiger partial charge in [-0.2, -0.15) is 9.57 Å². The molecule has 11 nitrogen and oxygen atoms in total. The van der Waals surface area contributed by atoms with Crippen molar-refractivity contribution < 1.29 is 27.4 Å². The standard InChI is InChI=1S/C35H35N5O6S/c1-3-44-31-9-5-6-10-32(31)47(42,43)40-30-16-13-26(23-36)22-29(30)35(34(40)41,28-8-7-17-38-33(28)45-4-2)46-24-25-11-14-27(15-12-25)39-20-18-37-19-21-39/h5-17,22,37H,3-4,18-21,24H2,1-2H3. The van der Waals surface area contributed by atoms with Gasteiger partial charge in [0.25, 0.3) is 15.9 Å². The van der Waals surface area contributed by atoms with Gasteiger partial charge in [-0.15, -0.1) is 0 Å². The Morgan fingerprint density at radius 1 is 0.936 bits per heavy atom. The maximum atomic E-state index is 15.0. The minimum absolute atomic E-state index is 0.0562. The molecule has 1 fully saturated rings. The van der Waals surface area contributed by atoms with Crippen molar-refractivity contribution in [2.24, 2.45) is 0 Å². The van der Waals surface area contributed by atoms with Crippen molar-refractivity contribution in [2.75, 3.05) is 48.6 Å². The molecule has 1 atom stereocenters. The third-order valence-electron chi connectivity index (χ3n) is 8.18. The fourth-order valence-electron chi connectivity index (χ4n) is 6.01. The highest BCUT2D eigenvalue weighted by molar-refractivity contribution is 7.93. The molecular formula is C35H35N5O6S. The van der Waals surface area contributed by atoms with E-state index in [1.165, 1.54) is 30.5 Å². The molecule has 47 heavy (non-hydrogen) atoms. The number of nitrogens with one attached hydrogen (secondary N) is 1. The highest BCUT2D eigenvalue weighted by atomic mass is 32.2. The van der Waals surface area contributed by atoms with Crippen LogP contribution in [0.5, 0.6) is 11.6 Å². The number of aromatic nitrogens is 1. The molecule has 3 heterocycles. The van der Waals surface area contributed by atoms with E-state index < -0.39 is 21.5 Å². The maximum absolute atomic E-state index is 15.0. The average Bonchev–Trinajstić information content (AvgIpc) is 3.36. The second-order valence-electron chi connectivity index (χ2n) is 11.0. The molecular weight excluding hydrogens is 618 g/mol. The first-order valence-electron chi connectivity index (χ1n) is 15.5. The van der Waals surface area contributed by atoms with Gasteiger partial charge in [0.1, 0.15) is 10.6 Å². The number of benzene rings is 3. The number of hydrogen-bond acceptors (Lipinski definition) is 10.